The van der Waals surface area contributed by atoms with Gasteiger partial charge in [-0.25, -0.2) is 4.79 Å². The zero-order chi connectivity index (χ0) is 22.4. The van der Waals surface area contributed by atoms with Crippen LogP contribution in [0.5, 0.6) is 0 Å². The van der Waals surface area contributed by atoms with E-state index in [1.165, 1.54) is 25.7 Å². The fourth-order valence-corrected chi connectivity index (χ4v) is 4.33. The first-order valence-corrected chi connectivity index (χ1v) is 11.8. The monoisotopic (exact) mass is 426 g/mol. The zero-order valence-corrected chi connectivity index (χ0v) is 18.9. The molecule has 6 heteroatoms. The number of aliphatic hydroxyl groups is 2. The smallest absolute Gasteiger partial charge is 0.364 e. The molecule has 2 unspecified atom stereocenters. The molecule has 174 valence electrons. The van der Waals surface area contributed by atoms with Gasteiger partial charge in [-0.3, -0.25) is 4.79 Å². The minimum Gasteiger partial charge on any atom is -0.477 e. The van der Waals surface area contributed by atoms with E-state index >= 15 is 0 Å². The lowest BCUT2D eigenvalue weighted by Gasteiger charge is -2.23. The van der Waals surface area contributed by atoms with E-state index in [-0.39, 0.29) is 25.6 Å². The van der Waals surface area contributed by atoms with E-state index in [0.717, 1.165) is 38.0 Å². The molecule has 4 atom stereocenters. The number of hydrogen-bond acceptors (Lipinski definition) is 5. The summed E-state index contributed by atoms with van der Waals surface area (Å²) in [6, 6.07) is 0. The van der Waals surface area contributed by atoms with Crippen LogP contribution >= 0.6 is 0 Å². The molecule has 0 saturated heterocycles. The highest BCUT2D eigenvalue weighted by Crippen LogP contribution is 2.34. The summed E-state index contributed by atoms with van der Waals surface area (Å²) in [4.78, 5) is 23.5. The SMILES string of the molecule is CCCCC(CC)CC=C[C@H]1CCC(=O)[C@@H]1CCCCCC(O)(OCCO)C(=O)O. The predicted molar refractivity (Wildman–Crippen MR) is 117 cm³/mol. The van der Waals surface area contributed by atoms with E-state index in [0.29, 0.717) is 24.5 Å². The van der Waals surface area contributed by atoms with Crippen molar-refractivity contribution in [3.63, 3.8) is 0 Å². The summed E-state index contributed by atoms with van der Waals surface area (Å²) in [7, 11) is 0. The summed E-state index contributed by atoms with van der Waals surface area (Å²) < 4.78 is 4.89. The summed E-state index contributed by atoms with van der Waals surface area (Å²) in [6.07, 6.45) is 15.0. The van der Waals surface area contributed by atoms with Gasteiger partial charge in [-0.1, -0.05) is 64.5 Å². The van der Waals surface area contributed by atoms with Crippen LogP contribution in [0.3, 0.4) is 0 Å². The minimum absolute atomic E-state index is 0.0273. The number of carboxylic acids is 1. The third-order valence-corrected chi connectivity index (χ3v) is 6.35. The molecular weight excluding hydrogens is 384 g/mol. The molecule has 0 aromatic carbocycles. The molecule has 1 aliphatic carbocycles. The minimum atomic E-state index is -2.25. The van der Waals surface area contributed by atoms with E-state index in [4.69, 9.17) is 14.9 Å². The number of carbonyl (C=O) groups excluding carboxylic acids is 1. The molecule has 3 N–H and O–H groups in total. The number of Topliss-reactive ketones (excluding diaryl/α,β-unsaturated/α-hetero) is 1. The molecule has 1 fully saturated rings. The van der Waals surface area contributed by atoms with Crippen LogP contribution in [0.2, 0.25) is 0 Å². The summed E-state index contributed by atoms with van der Waals surface area (Å²) in [5.41, 5.74) is 0. The van der Waals surface area contributed by atoms with Crippen LogP contribution in [0.15, 0.2) is 12.2 Å². The van der Waals surface area contributed by atoms with E-state index in [2.05, 4.69) is 26.0 Å². The van der Waals surface area contributed by atoms with E-state index in [1.807, 2.05) is 0 Å². The van der Waals surface area contributed by atoms with Gasteiger partial charge in [-0.05, 0) is 37.5 Å². The summed E-state index contributed by atoms with van der Waals surface area (Å²) in [5.74, 6) is -2.21. The average Bonchev–Trinajstić information content (AvgIpc) is 3.08. The lowest BCUT2D eigenvalue weighted by atomic mass is 9.88. The van der Waals surface area contributed by atoms with Gasteiger partial charge in [-0.15, -0.1) is 0 Å². The van der Waals surface area contributed by atoms with Gasteiger partial charge >= 0.3 is 5.97 Å². The van der Waals surface area contributed by atoms with Crippen LogP contribution in [0.4, 0.5) is 0 Å². The number of carbonyl (C=O) groups is 2. The number of ketones is 1. The Labute approximate surface area is 181 Å². The Balaban J connectivity index is 2.40. The van der Waals surface area contributed by atoms with Gasteiger partial charge in [0.2, 0.25) is 0 Å². The Morgan fingerprint density at radius 1 is 1.27 bits per heavy atom. The van der Waals surface area contributed by atoms with Gasteiger partial charge < -0.3 is 20.1 Å². The first-order chi connectivity index (χ1) is 14.4. The third kappa shape index (κ3) is 9.27. The van der Waals surface area contributed by atoms with Gasteiger partial charge in [0, 0.05) is 18.8 Å². The van der Waals surface area contributed by atoms with E-state index in [1.54, 1.807) is 0 Å². The molecule has 1 rings (SSSR count). The molecule has 0 amide bonds. The van der Waals surface area contributed by atoms with Crippen molar-refractivity contribution in [2.75, 3.05) is 13.2 Å². The van der Waals surface area contributed by atoms with Crippen LogP contribution in [0, 0.1) is 17.8 Å². The second-order valence-electron chi connectivity index (χ2n) is 8.62. The van der Waals surface area contributed by atoms with Crippen molar-refractivity contribution >= 4 is 11.8 Å². The summed E-state index contributed by atoms with van der Waals surface area (Å²) >= 11 is 0. The van der Waals surface area contributed by atoms with Crippen LogP contribution in [-0.2, 0) is 14.3 Å². The number of aliphatic hydroxyl groups excluding tert-OH is 1. The topological polar surface area (TPSA) is 104 Å². The van der Waals surface area contributed by atoms with Crippen LogP contribution < -0.4 is 0 Å². The molecule has 1 aliphatic rings. The molecule has 0 aliphatic heterocycles. The Morgan fingerprint density at radius 3 is 2.67 bits per heavy atom. The average molecular weight is 427 g/mol. The number of carboxylic acid groups (broad SMARTS) is 1. The van der Waals surface area contributed by atoms with Crippen molar-refractivity contribution < 1.29 is 29.6 Å². The number of ether oxygens (including phenoxy) is 1. The van der Waals surface area contributed by atoms with Crippen molar-refractivity contribution in [2.24, 2.45) is 17.8 Å². The molecule has 0 aromatic heterocycles. The number of aliphatic carboxylic acids is 1. The maximum absolute atomic E-state index is 12.3. The first kappa shape index (κ1) is 26.8. The number of rotatable bonds is 17. The second kappa shape index (κ2) is 14.7. The molecule has 30 heavy (non-hydrogen) atoms. The van der Waals surface area contributed by atoms with E-state index in [9.17, 15) is 14.7 Å². The van der Waals surface area contributed by atoms with Gasteiger partial charge in [0.25, 0.3) is 5.79 Å². The first-order valence-electron chi connectivity index (χ1n) is 11.8. The maximum Gasteiger partial charge on any atom is 0.364 e. The number of hydrogen-bond donors (Lipinski definition) is 3. The standard InChI is InChI=1S/C24H42O6/c1-3-5-10-19(4-2)11-9-12-20-14-15-22(26)21(20)13-7-6-8-16-24(29,23(27)28)30-18-17-25/h9,12,19-21,25,29H,3-8,10-11,13-18H2,1-2H3,(H,27,28)/t19?,20-,21+,24?/m0/s1. The van der Waals surface area contributed by atoms with Crippen LogP contribution in [0.25, 0.3) is 0 Å². The Hall–Kier alpha value is -1.24. The zero-order valence-electron chi connectivity index (χ0n) is 18.9. The maximum atomic E-state index is 12.3. The summed E-state index contributed by atoms with van der Waals surface area (Å²) in [5, 5.41) is 27.9. The lowest BCUT2D eigenvalue weighted by Crippen LogP contribution is -2.42. The lowest BCUT2D eigenvalue weighted by molar-refractivity contribution is -0.228. The highest BCUT2D eigenvalue weighted by molar-refractivity contribution is 5.83. The molecule has 1 saturated carbocycles. The normalized spacial score (nSPS) is 22.5. The van der Waals surface area contributed by atoms with Crippen molar-refractivity contribution in [3.8, 4) is 0 Å². The molecule has 0 aromatic rings. The molecule has 0 bridgehead atoms. The third-order valence-electron chi connectivity index (χ3n) is 6.35. The fraction of sp³-hybridized carbons (Fsp3) is 0.833. The highest BCUT2D eigenvalue weighted by Gasteiger charge is 2.37. The quantitative estimate of drug-likeness (QED) is 0.180. The van der Waals surface area contributed by atoms with E-state index < -0.39 is 11.8 Å². The predicted octanol–water partition coefficient (Wildman–Crippen LogP) is 4.48. The van der Waals surface area contributed by atoms with Crippen molar-refractivity contribution in [3.05, 3.63) is 12.2 Å². The fourth-order valence-electron chi connectivity index (χ4n) is 4.33. The van der Waals surface area contributed by atoms with Gasteiger partial charge in [0.05, 0.1) is 13.2 Å². The Bertz CT molecular complexity index is 532. The molecule has 0 radical (unpaired) electrons. The highest BCUT2D eigenvalue weighted by atomic mass is 16.6. The molecule has 0 heterocycles. The van der Waals surface area contributed by atoms with Crippen molar-refractivity contribution in [2.45, 2.75) is 96.7 Å². The number of allylic oxidation sites excluding steroid dienone is 2. The molecule has 0 spiro atoms. The van der Waals surface area contributed by atoms with Crippen LogP contribution in [0.1, 0.15) is 90.9 Å². The largest absolute Gasteiger partial charge is 0.477 e. The van der Waals surface area contributed by atoms with Crippen LogP contribution in [-0.4, -0.2) is 46.1 Å². The molecule has 6 nitrogen and oxygen atoms in total. The Morgan fingerprint density at radius 2 is 2.03 bits per heavy atom. The van der Waals surface area contributed by atoms with Crippen molar-refractivity contribution in [1.29, 1.82) is 0 Å². The van der Waals surface area contributed by atoms with Crippen molar-refractivity contribution in [1.82, 2.24) is 0 Å². The Kier molecular flexibility index (Phi) is 13.1. The van der Waals surface area contributed by atoms with Gasteiger partial charge in [0.15, 0.2) is 0 Å². The second-order valence-corrected chi connectivity index (χ2v) is 8.62. The number of unbranched alkanes of at least 4 members (excludes halogenated alkanes) is 3. The van der Waals surface area contributed by atoms with Gasteiger partial charge in [0.1, 0.15) is 5.78 Å². The van der Waals surface area contributed by atoms with Gasteiger partial charge in [-0.2, -0.15) is 0 Å². The summed E-state index contributed by atoms with van der Waals surface area (Å²) in [6.45, 7) is 3.91. The molecular formula is C24H42O6.